The first-order chi connectivity index (χ1) is 21.6. The van der Waals surface area contributed by atoms with Gasteiger partial charge in [-0.05, 0) is 95.6 Å². The summed E-state index contributed by atoms with van der Waals surface area (Å²) < 4.78 is 0. The van der Waals surface area contributed by atoms with Gasteiger partial charge in [-0.3, -0.25) is 0 Å². The first-order valence-electron chi connectivity index (χ1n) is 15.5. The molecule has 1 nitrogen and oxygen atoms in total. The van der Waals surface area contributed by atoms with E-state index in [1.807, 2.05) is 0 Å². The minimum Gasteiger partial charge on any atom is -0.311 e. The Bertz CT molecular complexity index is 1640. The summed E-state index contributed by atoms with van der Waals surface area (Å²) in [5.41, 5.74) is 12.2. The Hall–Kier alpha value is -5.14. The molecule has 0 fully saturated rings. The lowest BCUT2D eigenvalue weighted by molar-refractivity contribution is 0.922. The van der Waals surface area contributed by atoms with Gasteiger partial charge in [0.05, 0.1) is 0 Å². The van der Waals surface area contributed by atoms with E-state index in [0.29, 0.717) is 0 Å². The van der Waals surface area contributed by atoms with Crippen molar-refractivity contribution in [2.45, 2.75) is 33.6 Å². The maximum absolute atomic E-state index is 2.33. The van der Waals surface area contributed by atoms with Crippen LogP contribution in [0.25, 0.3) is 24.3 Å². The van der Waals surface area contributed by atoms with Gasteiger partial charge in [-0.25, -0.2) is 0 Å². The molecule has 0 amide bonds. The molecule has 0 heterocycles. The fourth-order valence-electron chi connectivity index (χ4n) is 5.22. The van der Waals surface area contributed by atoms with E-state index in [-0.39, 0.29) is 0 Å². The first kappa shape index (κ1) is 30.3. The summed E-state index contributed by atoms with van der Waals surface area (Å²) in [5.74, 6) is 0. The highest BCUT2D eigenvalue weighted by atomic mass is 15.1. The van der Waals surface area contributed by atoms with Crippen molar-refractivity contribution in [2.24, 2.45) is 0 Å². The van der Waals surface area contributed by atoms with Gasteiger partial charge in [0.25, 0.3) is 0 Å². The summed E-state index contributed by atoms with van der Waals surface area (Å²) in [6.07, 6.45) is 19.3. The normalized spacial score (nSPS) is 11.8. The molecule has 0 aliphatic carbocycles. The molecule has 0 saturated heterocycles. The molecule has 5 aromatic carbocycles. The standard InChI is InChI=1S/C43H41N/c1-4-13-36-22-28-41(29-23-36)44(42-30-24-37(25-31-42)16-7-11-20-39-18-9-5-14-34(39)2)43-32-26-38(27-33-43)17-8-12-21-40-19-10-6-15-35(40)3/h5-12,14-33H,4,13H2,1-3H3/b16-7+,17-8+,20-11+,21-12+. The molecule has 0 atom stereocenters. The maximum atomic E-state index is 2.33. The highest BCUT2D eigenvalue weighted by molar-refractivity contribution is 5.78. The molecule has 0 spiro atoms. The van der Waals surface area contributed by atoms with Crippen LogP contribution in [0.3, 0.4) is 0 Å². The Morgan fingerprint density at radius 1 is 0.455 bits per heavy atom. The molecule has 0 aliphatic rings. The van der Waals surface area contributed by atoms with Crippen LogP contribution in [0.15, 0.2) is 146 Å². The fraction of sp³-hybridized carbons (Fsp3) is 0.116. The molecule has 0 radical (unpaired) electrons. The van der Waals surface area contributed by atoms with E-state index < -0.39 is 0 Å². The third-order valence-corrected chi connectivity index (χ3v) is 7.76. The Morgan fingerprint density at radius 2 is 0.841 bits per heavy atom. The fourth-order valence-corrected chi connectivity index (χ4v) is 5.22. The van der Waals surface area contributed by atoms with Crippen LogP contribution in [0.1, 0.15) is 52.3 Å². The Balaban J connectivity index is 1.35. The van der Waals surface area contributed by atoms with E-state index >= 15 is 0 Å². The highest BCUT2D eigenvalue weighted by Crippen LogP contribution is 2.35. The second kappa shape index (κ2) is 15.4. The highest BCUT2D eigenvalue weighted by Gasteiger charge is 2.12. The molecule has 5 aromatic rings. The summed E-state index contributed by atoms with van der Waals surface area (Å²) in [5, 5.41) is 0. The molecule has 0 N–H and O–H groups in total. The Labute approximate surface area is 263 Å². The van der Waals surface area contributed by atoms with Crippen molar-refractivity contribution < 1.29 is 0 Å². The molecule has 44 heavy (non-hydrogen) atoms. The lowest BCUT2D eigenvalue weighted by Crippen LogP contribution is -2.10. The number of aryl methyl sites for hydroxylation is 3. The van der Waals surface area contributed by atoms with Crippen molar-refractivity contribution in [3.8, 4) is 0 Å². The van der Waals surface area contributed by atoms with E-state index in [1.165, 1.54) is 38.9 Å². The van der Waals surface area contributed by atoms with E-state index in [1.54, 1.807) is 0 Å². The first-order valence-corrected chi connectivity index (χ1v) is 15.5. The Kier molecular flexibility index (Phi) is 10.6. The smallest absolute Gasteiger partial charge is 0.0462 e. The van der Waals surface area contributed by atoms with Gasteiger partial charge in [0.15, 0.2) is 0 Å². The monoisotopic (exact) mass is 571 g/mol. The number of hydrogen-bond acceptors (Lipinski definition) is 1. The largest absolute Gasteiger partial charge is 0.311 e. The molecular weight excluding hydrogens is 530 g/mol. The zero-order valence-corrected chi connectivity index (χ0v) is 26.0. The average Bonchev–Trinajstić information content (AvgIpc) is 3.05. The lowest BCUT2D eigenvalue weighted by Gasteiger charge is -2.26. The molecule has 0 aliphatic heterocycles. The van der Waals surface area contributed by atoms with Gasteiger partial charge < -0.3 is 4.90 Å². The number of nitrogens with zero attached hydrogens (tertiary/aromatic N) is 1. The number of hydrogen-bond donors (Lipinski definition) is 0. The van der Waals surface area contributed by atoms with Gasteiger partial charge in [0, 0.05) is 17.1 Å². The van der Waals surface area contributed by atoms with Gasteiger partial charge >= 0.3 is 0 Å². The van der Waals surface area contributed by atoms with Gasteiger partial charge in [-0.1, -0.05) is 147 Å². The van der Waals surface area contributed by atoms with E-state index in [0.717, 1.165) is 29.9 Å². The number of anilines is 3. The molecular formula is C43H41N. The van der Waals surface area contributed by atoms with Crippen LogP contribution in [0.2, 0.25) is 0 Å². The zero-order valence-electron chi connectivity index (χ0n) is 26.0. The van der Waals surface area contributed by atoms with Crippen molar-refractivity contribution in [3.63, 3.8) is 0 Å². The van der Waals surface area contributed by atoms with Gasteiger partial charge in [-0.15, -0.1) is 0 Å². The van der Waals surface area contributed by atoms with E-state index in [2.05, 4.69) is 196 Å². The number of rotatable bonds is 11. The summed E-state index contributed by atoms with van der Waals surface area (Å²) in [6.45, 7) is 6.50. The lowest BCUT2D eigenvalue weighted by atomic mass is 10.1. The van der Waals surface area contributed by atoms with Crippen molar-refractivity contribution in [3.05, 3.63) is 185 Å². The predicted molar refractivity (Wildman–Crippen MR) is 194 cm³/mol. The van der Waals surface area contributed by atoms with Crippen molar-refractivity contribution in [1.29, 1.82) is 0 Å². The van der Waals surface area contributed by atoms with Crippen LogP contribution in [0.4, 0.5) is 17.1 Å². The number of benzene rings is 5. The van der Waals surface area contributed by atoms with Crippen LogP contribution in [-0.2, 0) is 6.42 Å². The second-order valence-electron chi connectivity index (χ2n) is 11.1. The second-order valence-corrected chi connectivity index (χ2v) is 11.1. The zero-order chi connectivity index (χ0) is 30.6. The van der Waals surface area contributed by atoms with Gasteiger partial charge in [-0.2, -0.15) is 0 Å². The average molecular weight is 572 g/mol. The third-order valence-electron chi connectivity index (χ3n) is 7.76. The minimum atomic E-state index is 1.10. The van der Waals surface area contributed by atoms with E-state index in [9.17, 15) is 0 Å². The predicted octanol–water partition coefficient (Wildman–Crippen LogP) is 12.2. The molecule has 0 unspecified atom stereocenters. The van der Waals surface area contributed by atoms with Crippen LogP contribution < -0.4 is 4.90 Å². The van der Waals surface area contributed by atoms with Crippen molar-refractivity contribution >= 4 is 41.4 Å². The quantitative estimate of drug-likeness (QED) is 0.143. The van der Waals surface area contributed by atoms with Crippen molar-refractivity contribution in [1.82, 2.24) is 0 Å². The minimum absolute atomic E-state index is 1.10. The van der Waals surface area contributed by atoms with Crippen LogP contribution in [0, 0.1) is 13.8 Å². The number of allylic oxidation sites excluding steroid dienone is 4. The molecule has 0 aromatic heterocycles. The topological polar surface area (TPSA) is 3.24 Å². The van der Waals surface area contributed by atoms with Gasteiger partial charge in [0.1, 0.15) is 0 Å². The molecule has 5 rings (SSSR count). The molecule has 218 valence electrons. The summed E-state index contributed by atoms with van der Waals surface area (Å²) in [4.78, 5) is 2.33. The van der Waals surface area contributed by atoms with Gasteiger partial charge in [0.2, 0.25) is 0 Å². The SMILES string of the molecule is CCCc1ccc(N(c2ccc(/C=C/C=C/c3ccccc3C)cc2)c2ccc(/C=C/C=C/c3ccccc3C)cc2)cc1. The molecule has 0 saturated carbocycles. The third kappa shape index (κ3) is 8.24. The van der Waals surface area contributed by atoms with Crippen molar-refractivity contribution in [2.75, 3.05) is 4.90 Å². The van der Waals surface area contributed by atoms with Crippen LogP contribution in [0.5, 0.6) is 0 Å². The van der Waals surface area contributed by atoms with Crippen LogP contribution in [-0.4, -0.2) is 0 Å². The molecule has 0 bridgehead atoms. The summed E-state index contributed by atoms with van der Waals surface area (Å²) >= 11 is 0. The maximum Gasteiger partial charge on any atom is 0.0462 e. The summed E-state index contributed by atoms with van der Waals surface area (Å²) in [6, 6.07) is 43.4. The van der Waals surface area contributed by atoms with E-state index in [4.69, 9.17) is 0 Å². The summed E-state index contributed by atoms with van der Waals surface area (Å²) in [7, 11) is 0. The van der Waals surface area contributed by atoms with Crippen LogP contribution >= 0.6 is 0 Å². The molecule has 1 heteroatoms. The Morgan fingerprint density at radius 3 is 1.25 bits per heavy atom.